The maximum atomic E-state index is 13.0. The van der Waals surface area contributed by atoms with Crippen molar-refractivity contribution in [2.24, 2.45) is 0 Å². The molecule has 1 aliphatic carbocycles. The molecule has 0 amide bonds. The Morgan fingerprint density at radius 3 is 2.39 bits per heavy atom. The molecule has 0 aliphatic heterocycles. The van der Waals surface area contributed by atoms with Crippen LogP contribution >= 0.6 is 23.2 Å². The van der Waals surface area contributed by atoms with Crippen LogP contribution in [0, 0.1) is 11.3 Å². The van der Waals surface area contributed by atoms with Crippen molar-refractivity contribution in [2.75, 3.05) is 12.4 Å². The van der Waals surface area contributed by atoms with Crippen LogP contribution < -0.4 is 0 Å². The molecule has 1 saturated carbocycles. The number of nitriles is 1. The minimum Gasteiger partial charge on any atom is -0.286 e. The Morgan fingerprint density at radius 1 is 1.07 bits per heavy atom. The third-order valence-electron chi connectivity index (χ3n) is 5.20. The van der Waals surface area contributed by atoms with Crippen LogP contribution in [0.3, 0.4) is 0 Å². The van der Waals surface area contributed by atoms with Gasteiger partial charge in [0.05, 0.1) is 26.6 Å². The molecule has 0 N–H and O–H groups in total. The van der Waals surface area contributed by atoms with Gasteiger partial charge in [-0.15, -0.1) is 0 Å². The maximum Gasteiger partial charge on any atom is 0.193 e. The molecule has 0 heterocycles. The summed E-state index contributed by atoms with van der Waals surface area (Å²) in [6, 6.07) is 14.5. The van der Waals surface area contributed by atoms with Crippen molar-refractivity contribution in [1.82, 2.24) is 4.90 Å². The highest BCUT2D eigenvalue weighted by Gasteiger charge is 2.29. The van der Waals surface area contributed by atoms with Crippen molar-refractivity contribution in [3.63, 3.8) is 0 Å². The van der Waals surface area contributed by atoms with Gasteiger partial charge in [-0.1, -0.05) is 54.2 Å². The van der Waals surface area contributed by atoms with E-state index in [0.29, 0.717) is 12.1 Å². The fourth-order valence-corrected chi connectivity index (χ4v) is 5.95. The third kappa shape index (κ3) is 5.07. The van der Waals surface area contributed by atoms with E-state index < -0.39 is 9.84 Å². The summed E-state index contributed by atoms with van der Waals surface area (Å²) in [5, 5.41) is 9.25. The van der Waals surface area contributed by atoms with Gasteiger partial charge in [0.15, 0.2) is 9.84 Å². The molecular formula is C21H22Cl2N2O2S. The number of rotatable bonds is 7. The Bertz CT molecular complexity index is 963. The molecule has 3 rings (SSSR count). The molecule has 0 saturated heterocycles. The Balaban J connectivity index is 1.77. The van der Waals surface area contributed by atoms with E-state index in [2.05, 4.69) is 11.0 Å². The minimum atomic E-state index is -3.60. The maximum absolute atomic E-state index is 13.0. The molecule has 0 radical (unpaired) electrons. The second-order valence-electron chi connectivity index (χ2n) is 7.11. The van der Waals surface area contributed by atoms with Crippen molar-refractivity contribution in [3.05, 3.63) is 63.6 Å². The van der Waals surface area contributed by atoms with Gasteiger partial charge in [-0.2, -0.15) is 5.26 Å². The zero-order valence-corrected chi connectivity index (χ0v) is 17.8. The minimum absolute atomic E-state index is 0.0754. The molecule has 2 aromatic carbocycles. The van der Waals surface area contributed by atoms with Crippen LogP contribution in [0.1, 0.15) is 36.8 Å². The lowest BCUT2D eigenvalue weighted by Crippen LogP contribution is -2.39. The van der Waals surface area contributed by atoms with Crippen LogP contribution in [0.5, 0.6) is 0 Å². The van der Waals surface area contributed by atoms with Gasteiger partial charge in [-0.3, -0.25) is 4.90 Å². The molecule has 0 aromatic heterocycles. The average Bonchev–Trinajstić information content (AvgIpc) is 3.22. The van der Waals surface area contributed by atoms with Crippen LogP contribution in [0.15, 0.2) is 47.4 Å². The van der Waals surface area contributed by atoms with E-state index in [1.54, 1.807) is 24.3 Å². The molecule has 0 bridgehead atoms. The highest BCUT2D eigenvalue weighted by Crippen LogP contribution is 2.31. The molecule has 4 nitrogen and oxygen atoms in total. The van der Waals surface area contributed by atoms with Gasteiger partial charge in [0.1, 0.15) is 5.88 Å². The summed E-state index contributed by atoms with van der Waals surface area (Å²) in [6.45, 7) is 0.633. The van der Waals surface area contributed by atoms with Crippen molar-refractivity contribution in [2.45, 2.75) is 43.0 Å². The van der Waals surface area contributed by atoms with E-state index in [-0.39, 0.29) is 26.9 Å². The Hall–Kier alpha value is -1.58. The first-order chi connectivity index (χ1) is 13.4. The van der Waals surface area contributed by atoms with Gasteiger partial charge in [-0.25, -0.2) is 8.42 Å². The van der Waals surface area contributed by atoms with Gasteiger partial charge in [0.25, 0.3) is 0 Å². The van der Waals surface area contributed by atoms with Gasteiger partial charge in [-0.05, 0) is 49.1 Å². The predicted octanol–water partition coefficient (Wildman–Crippen LogP) is 5.08. The molecule has 7 heteroatoms. The number of hydrogen-bond acceptors (Lipinski definition) is 4. The smallest absolute Gasteiger partial charge is 0.193 e. The number of hydrogen-bond donors (Lipinski definition) is 0. The molecule has 0 spiro atoms. The van der Waals surface area contributed by atoms with Crippen LogP contribution in [0.25, 0.3) is 0 Å². The van der Waals surface area contributed by atoms with Crippen molar-refractivity contribution < 1.29 is 8.42 Å². The van der Waals surface area contributed by atoms with Gasteiger partial charge in [0, 0.05) is 12.6 Å². The van der Waals surface area contributed by atoms with E-state index in [1.807, 2.05) is 12.1 Å². The monoisotopic (exact) mass is 436 g/mol. The molecular weight excluding hydrogens is 415 g/mol. The number of sulfone groups is 1. The highest BCUT2D eigenvalue weighted by atomic mass is 35.5. The topological polar surface area (TPSA) is 61.2 Å². The number of nitrogens with zero attached hydrogens (tertiary/aromatic N) is 2. The lowest BCUT2D eigenvalue weighted by atomic mass is 10.1. The summed E-state index contributed by atoms with van der Waals surface area (Å²) >= 11 is 12.2. The lowest BCUT2D eigenvalue weighted by Gasteiger charge is -2.28. The van der Waals surface area contributed by atoms with Crippen molar-refractivity contribution in [3.8, 4) is 6.07 Å². The first-order valence-corrected chi connectivity index (χ1v) is 11.7. The zero-order chi connectivity index (χ0) is 20.1. The molecule has 28 heavy (non-hydrogen) atoms. The quantitative estimate of drug-likeness (QED) is 0.606. The second kappa shape index (κ2) is 9.28. The standard InChI is InChI=1S/C21H22Cl2N2O2S/c22-19-6-3-7-20(21(19)23)28(26,27)15-25(18-4-1-2-5-18)13-12-16-8-10-17(14-24)11-9-16/h3,6-11,18H,1-2,4-5,12-13,15H2. The van der Waals surface area contributed by atoms with E-state index >= 15 is 0 Å². The zero-order valence-electron chi connectivity index (χ0n) is 15.4. The normalized spacial score (nSPS) is 15.1. The van der Waals surface area contributed by atoms with E-state index in [1.165, 1.54) is 6.07 Å². The van der Waals surface area contributed by atoms with E-state index in [9.17, 15) is 8.42 Å². The van der Waals surface area contributed by atoms with Crippen molar-refractivity contribution in [1.29, 1.82) is 5.26 Å². The Morgan fingerprint density at radius 2 is 1.75 bits per heavy atom. The number of benzene rings is 2. The first-order valence-electron chi connectivity index (χ1n) is 9.30. The molecule has 1 fully saturated rings. The lowest BCUT2D eigenvalue weighted by molar-refractivity contribution is 0.232. The van der Waals surface area contributed by atoms with Gasteiger partial charge >= 0.3 is 0 Å². The SMILES string of the molecule is N#Cc1ccc(CCN(CS(=O)(=O)c2cccc(Cl)c2Cl)C2CCCC2)cc1. The molecule has 148 valence electrons. The summed E-state index contributed by atoms with van der Waals surface area (Å²) in [7, 11) is -3.60. The Kier molecular flexibility index (Phi) is 7.00. The summed E-state index contributed by atoms with van der Waals surface area (Å²) < 4.78 is 26.1. The molecule has 0 atom stereocenters. The highest BCUT2D eigenvalue weighted by molar-refractivity contribution is 7.91. The van der Waals surface area contributed by atoms with E-state index in [0.717, 1.165) is 37.7 Å². The molecule has 1 aliphatic rings. The molecule has 0 unspecified atom stereocenters. The molecule has 2 aromatic rings. The Labute approximate surface area is 176 Å². The fourth-order valence-electron chi connectivity index (χ4n) is 3.65. The van der Waals surface area contributed by atoms with Crippen LogP contribution in [-0.4, -0.2) is 31.8 Å². The van der Waals surface area contributed by atoms with E-state index in [4.69, 9.17) is 28.5 Å². The largest absolute Gasteiger partial charge is 0.286 e. The fraction of sp³-hybridized carbons (Fsp3) is 0.381. The summed E-state index contributed by atoms with van der Waals surface area (Å²) in [5.41, 5.74) is 1.70. The first kappa shape index (κ1) is 21.1. The summed E-state index contributed by atoms with van der Waals surface area (Å²) in [5.74, 6) is -0.0754. The second-order valence-corrected chi connectivity index (χ2v) is 9.82. The van der Waals surface area contributed by atoms with Crippen LogP contribution in [-0.2, 0) is 16.3 Å². The summed E-state index contributed by atoms with van der Waals surface area (Å²) in [6.07, 6.45) is 4.98. The summed E-state index contributed by atoms with van der Waals surface area (Å²) in [4.78, 5) is 2.14. The van der Waals surface area contributed by atoms with Crippen molar-refractivity contribution >= 4 is 33.0 Å². The van der Waals surface area contributed by atoms with Crippen LogP contribution in [0.2, 0.25) is 10.0 Å². The number of halogens is 2. The predicted molar refractivity (Wildman–Crippen MR) is 112 cm³/mol. The van der Waals surface area contributed by atoms with Gasteiger partial charge in [0.2, 0.25) is 0 Å². The third-order valence-corrected chi connectivity index (χ3v) is 7.81. The average molecular weight is 437 g/mol. The van der Waals surface area contributed by atoms with Crippen LogP contribution in [0.4, 0.5) is 0 Å². The van der Waals surface area contributed by atoms with Gasteiger partial charge < -0.3 is 0 Å².